The third kappa shape index (κ3) is 2.78. The quantitative estimate of drug-likeness (QED) is 0.611. The molecule has 1 aliphatic heterocycles. The van der Waals surface area contributed by atoms with Crippen molar-refractivity contribution in [2.75, 3.05) is 13.1 Å². The second kappa shape index (κ2) is 4.86. The van der Waals surface area contributed by atoms with E-state index in [9.17, 15) is 0 Å². The molecule has 1 nitrogen and oxygen atoms in total. The molecule has 72 valence electrons. The van der Waals surface area contributed by atoms with Crippen LogP contribution in [-0.2, 0) is 0 Å². The Labute approximate surface area is 77.1 Å². The lowest BCUT2D eigenvalue weighted by Crippen LogP contribution is -2.47. The van der Waals surface area contributed by atoms with Crippen LogP contribution in [0.25, 0.3) is 0 Å². The van der Waals surface area contributed by atoms with E-state index in [4.69, 9.17) is 0 Å². The van der Waals surface area contributed by atoms with Crippen LogP contribution in [0.1, 0.15) is 46.5 Å². The number of hydrogen-bond acceptors (Lipinski definition) is 1. The monoisotopic (exact) mass is 169 g/mol. The first-order chi connectivity index (χ1) is 5.74. The first-order valence-electron chi connectivity index (χ1n) is 5.48. The highest BCUT2D eigenvalue weighted by atomic mass is 15.2. The van der Waals surface area contributed by atoms with Gasteiger partial charge >= 0.3 is 0 Å². The Hall–Kier alpha value is -0.0400. The van der Waals surface area contributed by atoms with Crippen molar-refractivity contribution in [2.24, 2.45) is 5.92 Å². The van der Waals surface area contributed by atoms with Gasteiger partial charge in [-0.3, -0.25) is 0 Å². The molecular weight excluding hydrogens is 146 g/mol. The van der Waals surface area contributed by atoms with Crippen LogP contribution in [0, 0.1) is 5.92 Å². The van der Waals surface area contributed by atoms with Gasteiger partial charge in [-0.25, -0.2) is 0 Å². The van der Waals surface area contributed by atoms with Gasteiger partial charge in [0, 0.05) is 6.04 Å². The summed E-state index contributed by atoms with van der Waals surface area (Å²) < 4.78 is 0. The Morgan fingerprint density at radius 2 is 2.17 bits per heavy atom. The van der Waals surface area contributed by atoms with Gasteiger partial charge in [-0.05, 0) is 31.8 Å². The van der Waals surface area contributed by atoms with Gasteiger partial charge in [0.2, 0.25) is 0 Å². The summed E-state index contributed by atoms with van der Waals surface area (Å²) in [7, 11) is 0. The average molecular weight is 169 g/mol. The molecule has 1 unspecified atom stereocenters. The van der Waals surface area contributed by atoms with Crippen molar-refractivity contribution in [1.82, 2.24) is 4.90 Å². The average Bonchev–Trinajstić information content (AvgIpc) is 1.96. The zero-order chi connectivity index (χ0) is 8.97. The Balaban J connectivity index is 2.00. The largest absolute Gasteiger partial charge is 0.301 e. The summed E-state index contributed by atoms with van der Waals surface area (Å²) in [6.07, 6.45) is 5.73. The molecule has 0 bridgehead atoms. The fourth-order valence-electron chi connectivity index (χ4n) is 2.00. The Morgan fingerprint density at radius 1 is 1.42 bits per heavy atom. The minimum Gasteiger partial charge on any atom is -0.301 e. The number of likely N-dealkylation sites (tertiary alicyclic amines) is 1. The highest BCUT2D eigenvalue weighted by molar-refractivity contribution is 4.81. The fourth-order valence-corrected chi connectivity index (χ4v) is 2.00. The normalized spacial score (nSPS) is 24.5. The molecule has 0 spiro atoms. The Kier molecular flexibility index (Phi) is 4.07. The van der Waals surface area contributed by atoms with E-state index in [1.54, 1.807) is 0 Å². The molecular formula is C11H23N. The van der Waals surface area contributed by atoms with Crippen molar-refractivity contribution >= 4 is 0 Å². The van der Waals surface area contributed by atoms with Crippen LogP contribution in [0.3, 0.4) is 0 Å². The molecule has 0 aliphatic carbocycles. The van der Waals surface area contributed by atoms with Crippen molar-refractivity contribution in [2.45, 2.75) is 52.5 Å². The first kappa shape index (κ1) is 10.0. The Morgan fingerprint density at radius 3 is 2.58 bits per heavy atom. The van der Waals surface area contributed by atoms with Gasteiger partial charge in [0.15, 0.2) is 0 Å². The highest BCUT2D eigenvalue weighted by Crippen LogP contribution is 2.22. The lowest BCUT2D eigenvalue weighted by atomic mass is 9.95. The topological polar surface area (TPSA) is 3.24 Å². The molecule has 0 aromatic heterocycles. The van der Waals surface area contributed by atoms with Crippen LogP contribution in [0.4, 0.5) is 0 Å². The summed E-state index contributed by atoms with van der Waals surface area (Å²) in [5.74, 6) is 0.889. The maximum absolute atomic E-state index is 2.60. The van der Waals surface area contributed by atoms with Crippen molar-refractivity contribution in [3.05, 3.63) is 0 Å². The molecule has 1 heterocycles. The molecule has 0 aromatic rings. The van der Waals surface area contributed by atoms with E-state index in [2.05, 4.69) is 25.7 Å². The number of hydrogen-bond donors (Lipinski definition) is 0. The van der Waals surface area contributed by atoms with Crippen LogP contribution in [0.15, 0.2) is 0 Å². The summed E-state index contributed by atoms with van der Waals surface area (Å²) in [5.41, 5.74) is 0. The van der Waals surface area contributed by atoms with E-state index in [1.807, 2.05) is 0 Å². The number of nitrogens with zero attached hydrogens (tertiary/aromatic N) is 1. The molecule has 1 saturated heterocycles. The van der Waals surface area contributed by atoms with Crippen molar-refractivity contribution in [3.63, 3.8) is 0 Å². The van der Waals surface area contributed by atoms with E-state index < -0.39 is 0 Å². The summed E-state index contributed by atoms with van der Waals surface area (Å²) >= 11 is 0. The number of rotatable bonds is 5. The van der Waals surface area contributed by atoms with Gasteiger partial charge in [-0.1, -0.05) is 33.6 Å². The van der Waals surface area contributed by atoms with E-state index in [0.717, 1.165) is 12.0 Å². The first-order valence-corrected chi connectivity index (χ1v) is 5.48. The second-order valence-corrected chi connectivity index (χ2v) is 4.40. The standard InChI is InChI=1S/C11H23N/c1-4-12-9-8-11(12)7-5-6-10(2)3/h10-11H,4-9H2,1-3H3. The third-order valence-corrected chi connectivity index (χ3v) is 2.99. The van der Waals surface area contributed by atoms with E-state index in [0.29, 0.717) is 0 Å². The maximum Gasteiger partial charge on any atom is 0.0107 e. The molecule has 1 aliphatic rings. The third-order valence-electron chi connectivity index (χ3n) is 2.99. The predicted octanol–water partition coefficient (Wildman–Crippen LogP) is 2.91. The lowest BCUT2D eigenvalue weighted by Gasteiger charge is -2.40. The van der Waals surface area contributed by atoms with E-state index >= 15 is 0 Å². The predicted molar refractivity (Wildman–Crippen MR) is 54.3 cm³/mol. The smallest absolute Gasteiger partial charge is 0.0107 e. The van der Waals surface area contributed by atoms with Gasteiger partial charge in [0.25, 0.3) is 0 Å². The molecule has 1 atom stereocenters. The van der Waals surface area contributed by atoms with E-state index in [-0.39, 0.29) is 0 Å². The summed E-state index contributed by atoms with van der Waals surface area (Å²) in [5, 5.41) is 0. The fraction of sp³-hybridized carbons (Fsp3) is 1.00. The summed E-state index contributed by atoms with van der Waals surface area (Å²) in [6.45, 7) is 9.51. The van der Waals surface area contributed by atoms with Crippen LogP contribution in [0.2, 0.25) is 0 Å². The second-order valence-electron chi connectivity index (χ2n) is 4.40. The van der Waals surface area contributed by atoms with Gasteiger partial charge in [0.05, 0.1) is 0 Å². The van der Waals surface area contributed by atoms with Crippen molar-refractivity contribution in [3.8, 4) is 0 Å². The summed E-state index contributed by atoms with van der Waals surface area (Å²) in [6, 6.07) is 0.939. The zero-order valence-corrected chi connectivity index (χ0v) is 8.84. The van der Waals surface area contributed by atoms with Crippen molar-refractivity contribution in [1.29, 1.82) is 0 Å². The van der Waals surface area contributed by atoms with Crippen LogP contribution < -0.4 is 0 Å². The lowest BCUT2D eigenvalue weighted by molar-refractivity contribution is 0.0880. The van der Waals surface area contributed by atoms with Gasteiger partial charge in [-0.15, -0.1) is 0 Å². The van der Waals surface area contributed by atoms with Crippen LogP contribution >= 0.6 is 0 Å². The molecule has 1 heteroatoms. The molecule has 0 amide bonds. The minimum absolute atomic E-state index is 0.889. The zero-order valence-electron chi connectivity index (χ0n) is 8.84. The highest BCUT2D eigenvalue weighted by Gasteiger charge is 2.25. The SMILES string of the molecule is CCN1CCC1CCCC(C)C. The molecule has 0 aromatic carbocycles. The molecule has 0 N–H and O–H groups in total. The molecule has 1 rings (SSSR count). The van der Waals surface area contributed by atoms with E-state index in [1.165, 1.54) is 38.8 Å². The van der Waals surface area contributed by atoms with Gasteiger partial charge < -0.3 is 4.90 Å². The Bertz CT molecular complexity index is 118. The molecule has 12 heavy (non-hydrogen) atoms. The molecule has 0 radical (unpaired) electrons. The van der Waals surface area contributed by atoms with Crippen LogP contribution in [0.5, 0.6) is 0 Å². The van der Waals surface area contributed by atoms with Gasteiger partial charge in [0.1, 0.15) is 0 Å². The van der Waals surface area contributed by atoms with Crippen LogP contribution in [-0.4, -0.2) is 24.0 Å². The van der Waals surface area contributed by atoms with Crippen molar-refractivity contribution < 1.29 is 0 Å². The van der Waals surface area contributed by atoms with Gasteiger partial charge in [-0.2, -0.15) is 0 Å². The summed E-state index contributed by atoms with van der Waals surface area (Å²) in [4.78, 5) is 2.60. The molecule has 1 fully saturated rings. The minimum atomic E-state index is 0.889. The molecule has 0 saturated carbocycles. The maximum atomic E-state index is 2.60.